The van der Waals surface area contributed by atoms with Crippen LogP contribution in [0.25, 0.3) is 6.08 Å². The van der Waals surface area contributed by atoms with Crippen LogP contribution < -0.4 is 4.74 Å². The number of non-ortho nitro benzene ring substituents is 1. The van der Waals surface area contributed by atoms with E-state index in [-0.39, 0.29) is 24.1 Å². The number of nitro benzene ring substituents is 1. The number of ether oxygens (including phenoxy) is 1. The second-order valence-electron chi connectivity index (χ2n) is 8.69. The predicted molar refractivity (Wildman–Crippen MR) is 152 cm³/mol. The third-order valence-electron chi connectivity index (χ3n) is 5.29. The van der Waals surface area contributed by atoms with Crippen molar-refractivity contribution >= 4 is 67.8 Å². The Labute approximate surface area is 232 Å². The van der Waals surface area contributed by atoms with E-state index >= 15 is 0 Å². The number of amides is 1. The molecule has 37 heavy (non-hydrogen) atoms. The van der Waals surface area contributed by atoms with Gasteiger partial charge in [0.05, 0.1) is 15.5 Å². The van der Waals surface area contributed by atoms with Crippen molar-refractivity contribution in [2.75, 3.05) is 6.54 Å². The van der Waals surface area contributed by atoms with E-state index in [4.69, 9.17) is 21.3 Å². The summed E-state index contributed by atoms with van der Waals surface area (Å²) in [6.07, 6.45) is 1.81. The van der Waals surface area contributed by atoms with Gasteiger partial charge >= 0.3 is 0 Å². The van der Waals surface area contributed by atoms with E-state index in [1.54, 1.807) is 35.2 Å². The smallest absolute Gasteiger partial charge is 0.269 e. The first-order valence-electron chi connectivity index (χ1n) is 11.4. The molecular weight excluding hydrogens is 578 g/mol. The number of nitro groups is 1. The molecule has 0 saturated carbocycles. The average molecular weight is 601 g/mol. The number of hydrogen-bond acceptors (Lipinski definition) is 6. The molecule has 1 fully saturated rings. The van der Waals surface area contributed by atoms with Crippen LogP contribution in [0.2, 0.25) is 5.02 Å². The summed E-state index contributed by atoms with van der Waals surface area (Å²) >= 11 is 10.8. The number of carbonyl (C=O) groups is 1. The Bertz CT molecular complexity index is 1380. The molecule has 190 valence electrons. The molecule has 1 aliphatic rings. The van der Waals surface area contributed by atoms with Gasteiger partial charge in [-0.05, 0) is 83.9 Å². The Morgan fingerprint density at radius 3 is 2.49 bits per heavy atom. The van der Waals surface area contributed by atoms with E-state index in [9.17, 15) is 14.9 Å². The quantitative estimate of drug-likeness (QED) is 0.149. The van der Waals surface area contributed by atoms with E-state index in [0.29, 0.717) is 33.1 Å². The van der Waals surface area contributed by atoms with Crippen molar-refractivity contribution in [3.05, 3.63) is 102 Å². The van der Waals surface area contributed by atoms with Crippen molar-refractivity contribution in [2.24, 2.45) is 10.9 Å². The maximum atomic E-state index is 13.4. The van der Waals surface area contributed by atoms with Gasteiger partial charge in [-0.1, -0.05) is 41.4 Å². The average Bonchev–Trinajstić information content (AvgIpc) is 3.13. The summed E-state index contributed by atoms with van der Waals surface area (Å²) in [5.74, 6) is 0.722. The molecule has 10 heteroatoms. The zero-order valence-electron chi connectivity index (χ0n) is 20.1. The molecule has 1 heterocycles. The predicted octanol–water partition coefficient (Wildman–Crippen LogP) is 7.85. The molecule has 0 bridgehead atoms. The van der Waals surface area contributed by atoms with Gasteiger partial charge in [-0.3, -0.25) is 19.8 Å². The van der Waals surface area contributed by atoms with Gasteiger partial charge in [-0.15, -0.1) is 0 Å². The molecule has 0 unspecified atom stereocenters. The van der Waals surface area contributed by atoms with Gasteiger partial charge in [0.15, 0.2) is 5.17 Å². The molecule has 1 saturated heterocycles. The molecule has 4 rings (SSSR count). The molecule has 0 radical (unpaired) electrons. The zero-order chi connectivity index (χ0) is 26.5. The fourth-order valence-electron chi connectivity index (χ4n) is 3.52. The van der Waals surface area contributed by atoms with Crippen LogP contribution in [0.5, 0.6) is 5.75 Å². The molecule has 3 aromatic carbocycles. The maximum Gasteiger partial charge on any atom is 0.269 e. The standard InChI is InChI=1S/C27H23BrClN3O4S/c1-17(2)15-31-26(33)25(37-27(31)30-22-8-6-21(29)7-9-22)14-19-13-20(28)5-12-24(19)36-16-18-3-10-23(11-4-18)32(34)35/h3-14,17H,15-16H2,1-2H3/b25-14-,30-27?. The Morgan fingerprint density at radius 2 is 1.84 bits per heavy atom. The van der Waals surface area contributed by atoms with E-state index in [1.165, 1.54) is 23.9 Å². The van der Waals surface area contributed by atoms with Crippen molar-refractivity contribution in [3.8, 4) is 5.75 Å². The van der Waals surface area contributed by atoms with Gasteiger partial charge in [0.25, 0.3) is 11.6 Å². The van der Waals surface area contributed by atoms with Crippen LogP contribution in [0.4, 0.5) is 11.4 Å². The highest BCUT2D eigenvalue weighted by molar-refractivity contribution is 9.10. The molecule has 0 aromatic heterocycles. The molecule has 0 aliphatic carbocycles. The van der Waals surface area contributed by atoms with Crippen LogP contribution in [0.1, 0.15) is 25.0 Å². The Hall–Kier alpha value is -3.14. The number of halogens is 2. The van der Waals surface area contributed by atoms with Crippen molar-refractivity contribution in [1.29, 1.82) is 0 Å². The van der Waals surface area contributed by atoms with Crippen LogP contribution in [-0.2, 0) is 11.4 Å². The minimum Gasteiger partial charge on any atom is -0.488 e. The van der Waals surface area contributed by atoms with Crippen molar-refractivity contribution in [2.45, 2.75) is 20.5 Å². The number of aliphatic imine (C=N–C) groups is 1. The number of hydrogen-bond donors (Lipinski definition) is 0. The highest BCUT2D eigenvalue weighted by atomic mass is 79.9. The third-order valence-corrected chi connectivity index (χ3v) is 7.04. The van der Waals surface area contributed by atoms with E-state index in [0.717, 1.165) is 15.6 Å². The number of amidine groups is 1. The molecular formula is C27H23BrClN3O4S. The maximum absolute atomic E-state index is 13.4. The van der Waals surface area contributed by atoms with Crippen molar-refractivity contribution in [1.82, 2.24) is 4.90 Å². The van der Waals surface area contributed by atoms with E-state index in [1.807, 2.05) is 30.3 Å². The lowest BCUT2D eigenvalue weighted by Gasteiger charge is -2.17. The van der Waals surface area contributed by atoms with Gasteiger partial charge in [-0.25, -0.2) is 4.99 Å². The van der Waals surface area contributed by atoms with E-state index < -0.39 is 4.92 Å². The summed E-state index contributed by atoms with van der Waals surface area (Å²) in [5, 5.41) is 12.1. The summed E-state index contributed by atoms with van der Waals surface area (Å²) < 4.78 is 6.88. The fraction of sp³-hybridized carbons (Fsp3) is 0.185. The highest BCUT2D eigenvalue weighted by Gasteiger charge is 2.34. The number of thioether (sulfide) groups is 1. The topological polar surface area (TPSA) is 85.0 Å². The second-order valence-corrected chi connectivity index (χ2v) is 11.0. The van der Waals surface area contributed by atoms with Gasteiger partial charge in [0, 0.05) is 33.7 Å². The fourth-order valence-corrected chi connectivity index (χ4v) is 5.03. The Kier molecular flexibility index (Phi) is 8.68. The monoisotopic (exact) mass is 599 g/mol. The largest absolute Gasteiger partial charge is 0.488 e. The van der Waals surface area contributed by atoms with Crippen molar-refractivity contribution < 1.29 is 14.5 Å². The first kappa shape index (κ1) is 26.9. The Balaban J connectivity index is 1.61. The Morgan fingerprint density at radius 1 is 1.14 bits per heavy atom. The van der Waals surface area contributed by atoms with Crippen LogP contribution in [0, 0.1) is 16.0 Å². The first-order valence-corrected chi connectivity index (χ1v) is 13.4. The lowest BCUT2D eigenvalue weighted by molar-refractivity contribution is -0.384. The molecule has 0 atom stereocenters. The van der Waals surface area contributed by atoms with Crippen LogP contribution in [0.3, 0.4) is 0 Å². The van der Waals surface area contributed by atoms with Gasteiger partial charge in [-0.2, -0.15) is 0 Å². The summed E-state index contributed by atoms with van der Waals surface area (Å²) in [6.45, 7) is 4.87. The highest BCUT2D eigenvalue weighted by Crippen LogP contribution is 2.37. The molecule has 1 aliphatic heterocycles. The summed E-state index contributed by atoms with van der Waals surface area (Å²) in [6, 6.07) is 18.9. The van der Waals surface area contributed by atoms with Crippen LogP contribution in [0.15, 0.2) is 81.1 Å². The third kappa shape index (κ3) is 7.00. The van der Waals surface area contributed by atoms with Gasteiger partial charge < -0.3 is 4.74 Å². The van der Waals surface area contributed by atoms with E-state index in [2.05, 4.69) is 29.8 Å². The zero-order valence-corrected chi connectivity index (χ0v) is 23.2. The number of rotatable bonds is 8. The number of nitrogens with zero attached hydrogens (tertiary/aromatic N) is 3. The molecule has 1 amide bonds. The van der Waals surface area contributed by atoms with Crippen LogP contribution >= 0.6 is 39.3 Å². The summed E-state index contributed by atoms with van der Waals surface area (Å²) in [7, 11) is 0. The molecule has 0 N–H and O–H groups in total. The molecule has 7 nitrogen and oxygen atoms in total. The minimum atomic E-state index is -0.437. The second kappa shape index (κ2) is 11.9. The number of benzene rings is 3. The SMILES string of the molecule is CC(C)CN1C(=O)/C(=C/c2cc(Br)ccc2OCc2ccc([N+](=O)[O-])cc2)SC1=Nc1ccc(Cl)cc1. The lowest BCUT2D eigenvalue weighted by atomic mass is 10.1. The van der Waals surface area contributed by atoms with Crippen LogP contribution in [-0.4, -0.2) is 27.4 Å². The number of carbonyl (C=O) groups excluding carboxylic acids is 1. The first-order chi connectivity index (χ1) is 17.7. The molecule has 0 spiro atoms. The van der Waals surface area contributed by atoms with Gasteiger partial charge in [0.2, 0.25) is 0 Å². The minimum absolute atomic E-state index is 0.0246. The van der Waals surface area contributed by atoms with Gasteiger partial charge in [0.1, 0.15) is 12.4 Å². The molecule has 3 aromatic rings. The lowest BCUT2D eigenvalue weighted by Crippen LogP contribution is -2.32. The summed E-state index contributed by atoms with van der Waals surface area (Å²) in [4.78, 5) is 30.8. The summed E-state index contributed by atoms with van der Waals surface area (Å²) in [5.41, 5.74) is 2.25. The van der Waals surface area contributed by atoms with Crippen molar-refractivity contribution in [3.63, 3.8) is 0 Å². The normalized spacial score (nSPS) is 15.7.